The van der Waals surface area contributed by atoms with E-state index in [2.05, 4.69) is 26.4 Å². The Morgan fingerprint density at radius 3 is 2.68 bits per heavy atom. The van der Waals surface area contributed by atoms with Crippen molar-refractivity contribution in [2.45, 2.75) is 32.4 Å². The zero-order valence-corrected chi connectivity index (χ0v) is 11.1. The maximum absolute atomic E-state index is 4.25. The molecular weight excluding hydrogens is 238 g/mol. The van der Waals surface area contributed by atoms with Gasteiger partial charge in [0.2, 0.25) is 0 Å². The summed E-state index contributed by atoms with van der Waals surface area (Å²) in [6, 6.07) is 4.09. The lowest BCUT2D eigenvalue weighted by atomic mass is 10.2. The first kappa shape index (κ1) is 12.3. The van der Waals surface area contributed by atoms with Crippen molar-refractivity contribution in [3.05, 3.63) is 42.0 Å². The fourth-order valence-corrected chi connectivity index (χ4v) is 2.48. The molecule has 1 fully saturated rings. The zero-order chi connectivity index (χ0) is 12.9. The molecule has 2 aromatic rings. The highest BCUT2D eigenvalue weighted by molar-refractivity contribution is 5.09. The average molecular weight is 257 g/mol. The summed E-state index contributed by atoms with van der Waals surface area (Å²) < 4.78 is 1.94. The topological polar surface area (TPSA) is 46.8 Å². The van der Waals surface area contributed by atoms with Crippen LogP contribution in [0.4, 0.5) is 0 Å². The molecule has 5 nitrogen and oxygen atoms in total. The van der Waals surface area contributed by atoms with Gasteiger partial charge in [-0.15, -0.1) is 5.10 Å². The standard InChI is InChI=1S/C14H19N5/c1-2-9-18(8-1)11-14-12-19(17-16-14)10-5-13-3-6-15-7-4-13/h3-4,6-7,12H,1-2,5,8-11H2. The van der Waals surface area contributed by atoms with Crippen molar-refractivity contribution in [1.82, 2.24) is 24.9 Å². The smallest absolute Gasteiger partial charge is 0.0967 e. The molecule has 0 unspecified atom stereocenters. The minimum atomic E-state index is 0.872. The zero-order valence-electron chi connectivity index (χ0n) is 11.1. The SMILES string of the molecule is c1cc(CCn2cc(CN3CCCC3)nn2)ccn1. The quantitative estimate of drug-likeness (QED) is 0.814. The van der Waals surface area contributed by atoms with Gasteiger partial charge in [0.1, 0.15) is 0 Å². The van der Waals surface area contributed by atoms with Gasteiger partial charge in [0, 0.05) is 31.7 Å². The van der Waals surface area contributed by atoms with E-state index < -0.39 is 0 Å². The van der Waals surface area contributed by atoms with Crippen molar-refractivity contribution in [3.8, 4) is 0 Å². The normalized spacial score (nSPS) is 16.0. The summed E-state index contributed by atoms with van der Waals surface area (Å²) in [6.07, 6.45) is 9.33. The van der Waals surface area contributed by atoms with Crippen LogP contribution in [-0.4, -0.2) is 38.0 Å². The van der Waals surface area contributed by atoms with Crippen molar-refractivity contribution < 1.29 is 0 Å². The number of hydrogen-bond donors (Lipinski definition) is 0. The van der Waals surface area contributed by atoms with Crippen molar-refractivity contribution in [2.24, 2.45) is 0 Å². The Morgan fingerprint density at radius 1 is 1.11 bits per heavy atom. The summed E-state index contributed by atoms with van der Waals surface area (Å²) in [5, 5.41) is 8.45. The van der Waals surface area contributed by atoms with Gasteiger partial charge in [-0.05, 0) is 50.0 Å². The van der Waals surface area contributed by atoms with E-state index in [4.69, 9.17) is 0 Å². The molecule has 5 heteroatoms. The molecule has 3 rings (SSSR count). The first-order valence-corrected chi connectivity index (χ1v) is 6.90. The Hall–Kier alpha value is -1.75. The van der Waals surface area contributed by atoms with Crippen LogP contribution in [0.3, 0.4) is 0 Å². The van der Waals surface area contributed by atoms with Gasteiger partial charge in [0.05, 0.1) is 5.69 Å². The molecule has 1 aliphatic heterocycles. The second-order valence-corrected chi connectivity index (χ2v) is 5.06. The Balaban J connectivity index is 1.53. The van der Waals surface area contributed by atoms with Gasteiger partial charge >= 0.3 is 0 Å². The monoisotopic (exact) mass is 257 g/mol. The summed E-state index contributed by atoms with van der Waals surface area (Å²) in [5.74, 6) is 0. The minimum absolute atomic E-state index is 0.872. The molecule has 0 amide bonds. The molecule has 100 valence electrons. The van der Waals surface area contributed by atoms with Gasteiger partial charge in [-0.3, -0.25) is 14.6 Å². The fraction of sp³-hybridized carbons (Fsp3) is 0.500. The summed E-state index contributed by atoms with van der Waals surface area (Å²) in [5.41, 5.74) is 2.36. The Labute approximate surface area is 113 Å². The van der Waals surface area contributed by atoms with Crippen LogP contribution in [0, 0.1) is 0 Å². The second kappa shape index (κ2) is 5.93. The molecule has 0 atom stereocenters. The first-order valence-electron chi connectivity index (χ1n) is 6.90. The van der Waals surface area contributed by atoms with E-state index in [-0.39, 0.29) is 0 Å². The molecule has 2 aromatic heterocycles. The van der Waals surface area contributed by atoms with E-state index in [1.165, 1.54) is 31.5 Å². The molecule has 0 N–H and O–H groups in total. The fourth-order valence-electron chi connectivity index (χ4n) is 2.48. The van der Waals surface area contributed by atoms with Gasteiger partial charge in [0.25, 0.3) is 0 Å². The van der Waals surface area contributed by atoms with Crippen LogP contribution in [0.1, 0.15) is 24.1 Å². The Kier molecular flexibility index (Phi) is 3.83. The number of aromatic nitrogens is 4. The molecule has 0 bridgehead atoms. The molecule has 1 saturated heterocycles. The molecule has 3 heterocycles. The lowest BCUT2D eigenvalue weighted by Crippen LogP contribution is -2.18. The highest BCUT2D eigenvalue weighted by Gasteiger charge is 2.13. The molecular formula is C14H19N5. The maximum Gasteiger partial charge on any atom is 0.0967 e. The third kappa shape index (κ3) is 3.38. The molecule has 0 aliphatic carbocycles. The van der Waals surface area contributed by atoms with Crippen molar-refractivity contribution in [3.63, 3.8) is 0 Å². The van der Waals surface area contributed by atoms with Crippen LogP contribution in [0.5, 0.6) is 0 Å². The number of rotatable bonds is 5. The van der Waals surface area contributed by atoms with Crippen LogP contribution in [-0.2, 0) is 19.5 Å². The van der Waals surface area contributed by atoms with E-state index in [1.807, 2.05) is 29.2 Å². The summed E-state index contributed by atoms with van der Waals surface area (Å²) >= 11 is 0. The maximum atomic E-state index is 4.25. The average Bonchev–Trinajstić information content (AvgIpc) is 3.10. The molecule has 0 saturated carbocycles. The highest BCUT2D eigenvalue weighted by atomic mass is 15.4. The molecule has 0 spiro atoms. The third-order valence-corrected chi connectivity index (χ3v) is 3.55. The first-order chi connectivity index (χ1) is 9.40. The van der Waals surface area contributed by atoms with E-state index in [9.17, 15) is 0 Å². The number of likely N-dealkylation sites (tertiary alicyclic amines) is 1. The summed E-state index contributed by atoms with van der Waals surface area (Å²) in [4.78, 5) is 6.46. The van der Waals surface area contributed by atoms with Crippen LogP contribution in [0.25, 0.3) is 0 Å². The largest absolute Gasteiger partial charge is 0.297 e. The molecule has 19 heavy (non-hydrogen) atoms. The van der Waals surface area contributed by atoms with Crippen LogP contribution in [0.2, 0.25) is 0 Å². The minimum Gasteiger partial charge on any atom is -0.297 e. The van der Waals surface area contributed by atoms with Crippen molar-refractivity contribution in [2.75, 3.05) is 13.1 Å². The van der Waals surface area contributed by atoms with E-state index in [0.717, 1.165) is 25.2 Å². The Morgan fingerprint density at radius 2 is 1.89 bits per heavy atom. The van der Waals surface area contributed by atoms with E-state index >= 15 is 0 Å². The van der Waals surface area contributed by atoms with Gasteiger partial charge in [-0.25, -0.2) is 0 Å². The molecule has 0 aromatic carbocycles. The van der Waals surface area contributed by atoms with Crippen molar-refractivity contribution >= 4 is 0 Å². The number of nitrogens with zero attached hydrogens (tertiary/aromatic N) is 5. The van der Waals surface area contributed by atoms with E-state index in [1.54, 1.807) is 0 Å². The molecule has 1 aliphatic rings. The summed E-state index contributed by atoms with van der Waals surface area (Å²) in [7, 11) is 0. The van der Waals surface area contributed by atoms with Gasteiger partial charge < -0.3 is 0 Å². The molecule has 0 radical (unpaired) electrons. The Bertz CT molecular complexity index is 502. The third-order valence-electron chi connectivity index (χ3n) is 3.55. The van der Waals surface area contributed by atoms with Crippen molar-refractivity contribution in [1.29, 1.82) is 0 Å². The lowest BCUT2D eigenvalue weighted by Gasteiger charge is -2.11. The lowest BCUT2D eigenvalue weighted by molar-refractivity contribution is 0.327. The van der Waals surface area contributed by atoms with Gasteiger partial charge in [-0.1, -0.05) is 5.21 Å². The second-order valence-electron chi connectivity index (χ2n) is 5.06. The van der Waals surface area contributed by atoms with Crippen LogP contribution < -0.4 is 0 Å². The van der Waals surface area contributed by atoms with E-state index in [0.29, 0.717) is 0 Å². The van der Waals surface area contributed by atoms with Gasteiger partial charge in [-0.2, -0.15) is 0 Å². The van der Waals surface area contributed by atoms with Crippen LogP contribution in [0.15, 0.2) is 30.7 Å². The van der Waals surface area contributed by atoms with Gasteiger partial charge in [0.15, 0.2) is 0 Å². The summed E-state index contributed by atoms with van der Waals surface area (Å²) in [6.45, 7) is 4.21. The highest BCUT2D eigenvalue weighted by Crippen LogP contribution is 2.10. The number of pyridine rings is 1. The number of aryl methyl sites for hydroxylation is 2. The predicted octanol–water partition coefficient (Wildman–Crippen LogP) is 1.51. The van der Waals surface area contributed by atoms with Crippen LogP contribution >= 0.6 is 0 Å². The number of hydrogen-bond acceptors (Lipinski definition) is 4. The predicted molar refractivity (Wildman–Crippen MR) is 72.5 cm³/mol.